The van der Waals surface area contributed by atoms with Crippen molar-refractivity contribution in [2.45, 2.75) is 18.5 Å². The molecule has 4 nitrogen and oxygen atoms in total. The third-order valence-corrected chi connectivity index (χ3v) is 4.56. The maximum Gasteiger partial charge on any atom is 0.417 e. The first-order chi connectivity index (χ1) is 11.2. The Kier molecular flexibility index (Phi) is 4.07. The average molecular weight is 358 g/mol. The molecule has 1 aliphatic carbocycles. The van der Waals surface area contributed by atoms with Crippen LogP contribution in [0.4, 0.5) is 18.9 Å². The van der Waals surface area contributed by atoms with Crippen molar-refractivity contribution in [1.29, 1.82) is 0 Å². The predicted molar refractivity (Wildman–Crippen MR) is 83.9 cm³/mol. The van der Waals surface area contributed by atoms with Gasteiger partial charge in [0.15, 0.2) is 0 Å². The van der Waals surface area contributed by atoms with Gasteiger partial charge in [-0.3, -0.25) is 9.48 Å². The van der Waals surface area contributed by atoms with Crippen molar-refractivity contribution in [3.8, 4) is 0 Å². The number of hydrogen-bond acceptors (Lipinski definition) is 2. The summed E-state index contributed by atoms with van der Waals surface area (Å²) in [5, 5.41) is 3.69. The maximum absolute atomic E-state index is 13.0. The van der Waals surface area contributed by atoms with Crippen LogP contribution in [0, 0.1) is 5.92 Å². The third kappa shape index (κ3) is 3.13. The van der Waals surface area contributed by atoms with E-state index in [0.29, 0.717) is 6.42 Å². The number of rotatable bonds is 3. The van der Waals surface area contributed by atoms with Crippen LogP contribution in [-0.4, -0.2) is 22.7 Å². The Balaban J connectivity index is 1.78. The van der Waals surface area contributed by atoms with Gasteiger partial charge < -0.3 is 4.90 Å². The van der Waals surface area contributed by atoms with Crippen LogP contribution < -0.4 is 4.90 Å². The van der Waals surface area contributed by atoms with Crippen LogP contribution in [0.3, 0.4) is 0 Å². The van der Waals surface area contributed by atoms with E-state index >= 15 is 0 Å². The van der Waals surface area contributed by atoms with Gasteiger partial charge in [0.2, 0.25) is 5.91 Å². The molecule has 0 aliphatic heterocycles. The average Bonchev–Trinajstić information content (AvgIpc) is 3.19. The highest BCUT2D eigenvalue weighted by Crippen LogP contribution is 2.48. The minimum absolute atomic E-state index is 0.0723. The first-order valence-electron chi connectivity index (χ1n) is 7.31. The molecule has 0 unspecified atom stereocenters. The van der Waals surface area contributed by atoms with Crippen molar-refractivity contribution >= 4 is 23.2 Å². The summed E-state index contributed by atoms with van der Waals surface area (Å²) in [5.41, 5.74) is 0.200. The molecule has 0 N–H and O–H groups in total. The zero-order valence-corrected chi connectivity index (χ0v) is 13.8. The Bertz CT molecular complexity index is 787. The minimum Gasteiger partial charge on any atom is -0.315 e. The molecule has 3 rings (SSSR count). The summed E-state index contributed by atoms with van der Waals surface area (Å²) >= 11 is 5.61. The van der Waals surface area contributed by atoms with Gasteiger partial charge in [-0.05, 0) is 36.1 Å². The van der Waals surface area contributed by atoms with Gasteiger partial charge in [-0.15, -0.1) is 0 Å². The number of carbonyl (C=O) groups is 1. The zero-order valence-electron chi connectivity index (χ0n) is 13.0. The van der Waals surface area contributed by atoms with E-state index in [1.54, 1.807) is 17.9 Å². The number of amides is 1. The number of nitrogens with zero attached hydrogens (tertiary/aromatic N) is 3. The van der Waals surface area contributed by atoms with Crippen LogP contribution in [0.5, 0.6) is 0 Å². The molecule has 128 valence electrons. The van der Waals surface area contributed by atoms with E-state index in [1.807, 2.05) is 6.20 Å². The normalized spacial score (nSPS) is 20.1. The van der Waals surface area contributed by atoms with Gasteiger partial charge in [-0.1, -0.05) is 11.6 Å². The van der Waals surface area contributed by atoms with Crippen LogP contribution in [0.25, 0.3) is 0 Å². The van der Waals surface area contributed by atoms with Gasteiger partial charge in [0.25, 0.3) is 0 Å². The number of carbonyl (C=O) groups excluding carboxylic acids is 1. The summed E-state index contributed by atoms with van der Waals surface area (Å²) in [6.45, 7) is 0. The number of halogens is 4. The standard InChI is InChI=1S/C16H15ClF3N3O/c1-22-8-9(7-21-22)11-6-12(11)15(24)23(2)10-3-4-14(17)13(5-10)16(18,19)20/h3-5,7-8,11-12H,6H2,1-2H3/t11-,12+/m0/s1. The second kappa shape index (κ2) is 5.81. The van der Waals surface area contributed by atoms with Crippen LogP contribution in [0.15, 0.2) is 30.6 Å². The molecule has 1 fully saturated rings. The second-order valence-electron chi connectivity index (χ2n) is 5.96. The van der Waals surface area contributed by atoms with Gasteiger partial charge in [0.05, 0.1) is 16.8 Å². The first kappa shape index (κ1) is 16.8. The van der Waals surface area contributed by atoms with E-state index < -0.39 is 11.7 Å². The molecule has 8 heteroatoms. The summed E-state index contributed by atoms with van der Waals surface area (Å²) in [6, 6.07) is 3.48. The van der Waals surface area contributed by atoms with Crippen molar-refractivity contribution in [2.75, 3.05) is 11.9 Å². The minimum atomic E-state index is -4.56. The maximum atomic E-state index is 13.0. The molecule has 0 spiro atoms. The fraction of sp³-hybridized carbons (Fsp3) is 0.375. The van der Waals surface area contributed by atoms with Crippen molar-refractivity contribution in [2.24, 2.45) is 13.0 Å². The van der Waals surface area contributed by atoms with E-state index in [2.05, 4.69) is 5.10 Å². The molecule has 1 aliphatic rings. The Morgan fingerprint density at radius 3 is 2.71 bits per heavy atom. The topological polar surface area (TPSA) is 38.1 Å². The fourth-order valence-electron chi connectivity index (χ4n) is 2.78. The molecule has 1 aromatic carbocycles. The molecule has 2 atom stereocenters. The highest BCUT2D eigenvalue weighted by atomic mass is 35.5. The van der Waals surface area contributed by atoms with Crippen LogP contribution in [-0.2, 0) is 18.0 Å². The van der Waals surface area contributed by atoms with Crippen molar-refractivity contribution in [1.82, 2.24) is 9.78 Å². The summed E-state index contributed by atoms with van der Waals surface area (Å²) in [7, 11) is 3.27. The molecule has 2 aromatic rings. The number of anilines is 1. The highest BCUT2D eigenvalue weighted by Gasteiger charge is 2.46. The van der Waals surface area contributed by atoms with E-state index in [4.69, 9.17) is 11.6 Å². The van der Waals surface area contributed by atoms with Crippen molar-refractivity contribution < 1.29 is 18.0 Å². The SMILES string of the molecule is CN(C(=O)[C@@H]1C[C@H]1c1cnn(C)c1)c1ccc(Cl)c(C(F)(F)F)c1. The number of aryl methyl sites for hydroxylation is 1. The lowest BCUT2D eigenvalue weighted by atomic mass is 10.1. The van der Waals surface area contributed by atoms with E-state index in [-0.39, 0.29) is 28.5 Å². The molecule has 1 saturated carbocycles. The Morgan fingerprint density at radius 1 is 1.42 bits per heavy atom. The van der Waals surface area contributed by atoms with Gasteiger partial charge >= 0.3 is 6.18 Å². The summed E-state index contributed by atoms with van der Waals surface area (Å²) in [4.78, 5) is 13.8. The quantitative estimate of drug-likeness (QED) is 0.836. The predicted octanol–water partition coefficient (Wildman–Crippen LogP) is 3.86. The lowest BCUT2D eigenvalue weighted by Crippen LogP contribution is -2.28. The molecule has 0 saturated heterocycles. The van der Waals surface area contributed by atoms with Gasteiger partial charge in [-0.25, -0.2) is 0 Å². The molecular weight excluding hydrogens is 343 g/mol. The molecule has 0 bridgehead atoms. The van der Waals surface area contributed by atoms with E-state index in [9.17, 15) is 18.0 Å². The number of alkyl halides is 3. The largest absolute Gasteiger partial charge is 0.417 e. The van der Waals surface area contributed by atoms with Crippen LogP contribution in [0.2, 0.25) is 5.02 Å². The van der Waals surface area contributed by atoms with Crippen molar-refractivity contribution in [3.63, 3.8) is 0 Å². The van der Waals surface area contributed by atoms with Gasteiger partial charge in [0, 0.05) is 31.9 Å². The van der Waals surface area contributed by atoms with Crippen LogP contribution >= 0.6 is 11.6 Å². The van der Waals surface area contributed by atoms with E-state index in [0.717, 1.165) is 17.7 Å². The number of hydrogen-bond donors (Lipinski definition) is 0. The zero-order chi connectivity index (χ0) is 17.6. The Morgan fingerprint density at radius 2 is 2.12 bits per heavy atom. The lowest BCUT2D eigenvalue weighted by Gasteiger charge is -2.19. The third-order valence-electron chi connectivity index (χ3n) is 4.23. The molecular formula is C16H15ClF3N3O. The molecule has 1 aromatic heterocycles. The summed E-state index contributed by atoms with van der Waals surface area (Å²) in [5.74, 6) is -0.369. The second-order valence-corrected chi connectivity index (χ2v) is 6.36. The van der Waals surface area contributed by atoms with Crippen molar-refractivity contribution in [3.05, 3.63) is 46.7 Å². The smallest absolute Gasteiger partial charge is 0.315 e. The number of benzene rings is 1. The molecule has 1 amide bonds. The molecule has 24 heavy (non-hydrogen) atoms. The Hall–Kier alpha value is -2.02. The lowest BCUT2D eigenvalue weighted by molar-refractivity contribution is -0.137. The van der Waals surface area contributed by atoms with Gasteiger partial charge in [-0.2, -0.15) is 18.3 Å². The molecule has 0 radical (unpaired) electrons. The number of aromatic nitrogens is 2. The molecule has 1 heterocycles. The Labute approximate surface area is 141 Å². The van der Waals surface area contributed by atoms with Gasteiger partial charge in [0.1, 0.15) is 0 Å². The fourth-order valence-corrected chi connectivity index (χ4v) is 3.01. The monoisotopic (exact) mass is 357 g/mol. The van der Waals surface area contributed by atoms with E-state index in [1.165, 1.54) is 18.0 Å². The summed E-state index contributed by atoms with van der Waals surface area (Å²) < 4.78 is 40.5. The van der Waals surface area contributed by atoms with Crippen LogP contribution in [0.1, 0.15) is 23.5 Å². The highest BCUT2D eigenvalue weighted by molar-refractivity contribution is 6.31. The first-order valence-corrected chi connectivity index (χ1v) is 7.69. The summed E-state index contributed by atoms with van der Waals surface area (Å²) in [6.07, 6.45) is -0.326.